The number of rotatable bonds is 8. The van der Waals surface area contributed by atoms with Crippen molar-refractivity contribution in [3.05, 3.63) is 83.4 Å². The Bertz CT molecular complexity index is 1300. The second-order valence-electron chi connectivity index (χ2n) is 9.55. The molecule has 2 amide bonds. The number of ether oxygens (including phenoxy) is 2. The number of piperidine rings is 1. The standard InChI is InChI=1S/C29H30F3N3O4/c1-18(33)20-4-6-21(7-5-20)22-8-11-26(25(17-22)28(34)37)38-23-12-14-35(15-13-23)27(36)16-19-2-9-24(10-3-19)39-29(30,31)32/h2-11,17-18,23H,12-16,33H2,1H3,(H2,34,37). The van der Waals surface area contributed by atoms with E-state index in [9.17, 15) is 22.8 Å². The minimum atomic E-state index is -4.76. The lowest BCUT2D eigenvalue weighted by Gasteiger charge is -2.32. The highest BCUT2D eigenvalue weighted by Gasteiger charge is 2.31. The van der Waals surface area contributed by atoms with Gasteiger partial charge in [-0.15, -0.1) is 13.2 Å². The van der Waals surface area contributed by atoms with Crippen LogP contribution in [0, 0.1) is 0 Å². The molecule has 7 nitrogen and oxygen atoms in total. The van der Waals surface area contributed by atoms with Gasteiger partial charge in [-0.2, -0.15) is 0 Å². The van der Waals surface area contributed by atoms with Gasteiger partial charge in [-0.05, 0) is 53.4 Å². The van der Waals surface area contributed by atoms with E-state index in [0.717, 1.165) is 16.7 Å². The van der Waals surface area contributed by atoms with E-state index in [4.69, 9.17) is 16.2 Å². The van der Waals surface area contributed by atoms with Crippen LogP contribution < -0.4 is 20.9 Å². The SMILES string of the molecule is CC(N)c1ccc(-c2ccc(OC3CCN(C(=O)Cc4ccc(OC(F)(F)F)cc4)CC3)c(C(N)=O)c2)cc1. The zero-order valence-corrected chi connectivity index (χ0v) is 21.4. The van der Waals surface area contributed by atoms with E-state index < -0.39 is 12.3 Å². The Labute approximate surface area is 224 Å². The van der Waals surface area contributed by atoms with Crippen molar-refractivity contribution in [3.8, 4) is 22.6 Å². The number of likely N-dealkylation sites (tertiary alicyclic amines) is 1. The first-order valence-electron chi connectivity index (χ1n) is 12.6. The van der Waals surface area contributed by atoms with E-state index in [1.54, 1.807) is 17.0 Å². The van der Waals surface area contributed by atoms with E-state index in [2.05, 4.69) is 4.74 Å². The molecule has 4 rings (SSSR count). The molecule has 39 heavy (non-hydrogen) atoms. The fraction of sp³-hybridized carbons (Fsp3) is 0.310. The van der Waals surface area contributed by atoms with Gasteiger partial charge in [0, 0.05) is 32.0 Å². The van der Waals surface area contributed by atoms with Crippen molar-refractivity contribution in [1.82, 2.24) is 4.90 Å². The molecule has 1 unspecified atom stereocenters. The van der Waals surface area contributed by atoms with E-state index in [1.165, 1.54) is 24.3 Å². The molecule has 206 valence electrons. The number of alkyl halides is 3. The summed E-state index contributed by atoms with van der Waals surface area (Å²) >= 11 is 0. The van der Waals surface area contributed by atoms with E-state index in [1.807, 2.05) is 37.3 Å². The maximum Gasteiger partial charge on any atom is 0.573 e. The molecule has 1 heterocycles. The zero-order valence-electron chi connectivity index (χ0n) is 21.4. The van der Waals surface area contributed by atoms with Gasteiger partial charge in [-0.3, -0.25) is 9.59 Å². The van der Waals surface area contributed by atoms with Gasteiger partial charge in [-0.1, -0.05) is 42.5 Å². The Hall–Kier alpha value is -4.05. The Morgan fingerprint density at radius 1 is 0.974 bits per heavy atom. The van der Waals surface area contributed by atoms with Gasteiger partial charge >= 0.3 is 6.36 Å². The summed E-state index contributed by atoms with van der Waals surface area (Å²) in [4.78, 5) is 26.6. The van der Waals surface area contributed by atoms with Crippen molar-refractivity contribution >= 4 is 11.8 Å². The highest BCUT2D eigenvalue weighted by molar-refractivity contribution is 5.97. The third-order valence-corrected chi connectivity index (χ3v) is 6.62. The van der Waals surface area contributed by atoms with Gasteiger partial charge in [-0.25, -0.2) is 0 Å². The van der Waals surface area contributed by atoms with Crippen LogP contribution in [0.5, 0.6) is 11.5 Å². The van der Waals surface area contributed by atoms with E-state index >= 15 is 0 Å². The van der Waals surface area contributed by atoms with Crippen LogP contribution in [0.15, 0.2) is 66.7 Å². The van der Waals surface area contributed by atoms with Gasteiger partial charge in [0.1, 0.15) is 17.6 Å². The maximum atomic E-state index is 12.7. The molecule has 10 heteroatoms. The highest BCUT2D eigenvalue weighted by atomic mass is 19.4. The number of benzene rings is 3. The number of amides is 2. The smallest absolute Gasteiger partial charge is 0.489 e. The van der Waals surface area contributed by atoms with E-state index in [-0.39, 0.29) is 35.8 Å². The van der Waals surface area contributed by atoms with Gasteiger partial charge in [0.15, 0.2) is 0 Å². The fourth-order valence-corrected chi connectivity index (χ4v) is 4.48. The molecular weight excluding hydrogens is 511 g/mol. The average Bonchev–Trinajstić information content (AvgIpc) is 2.89. The van der Waals surface area contributed by atoms with Crippen LogP contribution in [0.2, 0.25) is 0 Å². The van der Waals surface area contributed by atoms with Gasteiger partial charge < -0.3 is 25.8 Å². The molecule has 4 N–H and O–H groups in total. The number of hydrogen-bond acceptors (Lipinski definition) is 5. The molecule has 1 aliphatic rings. The summed E-state index contributed by atoms with van der Waals surface area (Å²) < 4.78 is 47.0. The van der Waals surface area contributed by atoms with Crippen molar-refractivity contribution in [2.24, 2.45) is 11.5 Å². The molecule has 0 aliphatic carbocycles. The predicted molar refractivity (Wildman–Crippen MR) is 140 cm³/mol. The lowest BCUT2D eigenvalue weighted by molar-refractivity contribution is -0.274. The van der Waals surface area contributed by atoms with Crippen LogP contribution in [-0.2, 0) is 11.2 Å². The monoisotopic (exact) mass is 541 g/mol. The summed E-state index contributed by atoms with van der Waals surface area (Å²) in [5.74, 6) is -0.669. The lowest BCUT2D eigenvalue weighted by atomic mass is 9.99. The molecule has 1 atom stereocenters. The number of nitrogens with zero attached hydrogens (tertiary/aromatic N) is 1. The first-order valence-corrected chi connectivity index (χ1v) is 12.6. The largest absolute Gasteiger partial charge is 0.573 e. The molecule has 3 aromatic rings. The summed E-state index contributed by atoms with van der Waals surface area (Å²) in [5.41, 5.74) is 15.2. The molecule has 0 radical (unpaired) electrons. The van der Waals surface area contributed by atoms with Crippen molar-refractivity contribution in [3.63, 3.8) is 0 Å². The molecule has 1 fully saturated rings. The minimum absolute atomic E-state index is 0.0658. The first-order chi connectivity index (χ1) is 18.5. The minimum Gasteiger partial charge on any atom is -0.489 e. The molecule has 1 saturated heterocycles. The number of primary amides is 1. The van der Waals surface area contributed by atoms with E-state index in [0.29, 0.717) is 37.2 Å². The average molecular weight is 542 g/mol. The zero-order chi connectivity index (χ0) is 28.2. The number of hydrogen-bond donors (Lipinski definition) is 2. The fourth-order valence-electron chi connectivity index (χ4n) is 4.48. The predicted octanol–water partition coefficient (Wildman–Crippen LogP) is 4.98. The third kappa shape index (κ3) is 7.51. The second kappa shape index (κ2) is 11.8. The molecule has 0 saturated carbocycles. The molecule has 0 bridgehead atoms. The van der Waals surface area contributed by atoms with Crippen LogP contribution in [-0.4, -0.2) is 42.3 Å². The second-order valence-corrected chi connectivity index (χ2v) is 9.55. The normalized spacial score (nSPS) is 15.1. The van der Waals surface area contributed by atoms with Crippen LogP contribution >= 0.6 is 0 Å². The number of halogens is 3. The summed E-state index contributed by atoms with van der Waals surface area (Å²) in [6, 6.07) is 18.3. The number of nitrogens with two attached hydrogens (primary N) is 2. The summed E-state index contributed by atoms with van der Waals surface area (Å²) in [6.45, 7) is 2.81. The quantitative estimate of drug-likeness (QED) is 0.418. The Balaban J connectivity index is 1.34. The highest BCUT2D eigenvalue weighted by Crippen LogP contribution is 2.30. The Morgan fingerprint density at radius 2 is 1.59 bits per heavy atom. The van der Waals surface area contributed by atoms with Crippen LogP contribution in [0.1, 0.15) is 47.3 Å². The van der Waals surface area contributed by atoms with Gasteiger partial charge in [0.05, 0.1) is 12.0 Å². The molecular formula is C29H30F3N3O4. The maximum absolute atomic E-state index is 12.7. The first kappa shape index (κ1) is 28.0. The molecule has 1 aliphatic heterocycles. The Morgan fingerprint density at radius 3 is 2.15 bits per heavy atom. The van der Waals surface area contributed by atoms with Crippen molar-refractivity contribution < 1.29 is 32.2 Å². The number of carbonyl (C=O) groups is 2. The van der Waals surface area contributed by atoms with Crippen LogP contribution in [0.25, 0.3) is 11.1 Å². The number of carbonyl (C=O) groups excluding carboxylic acids is 2. The van der Waals surface area contributed by atoms with Crippen LogP contribution in [0.3, 0.4) is 0 Å². The molecule has 0 aromatic heterocycles. The van der Waals surface area contributed by atoms with Crippen LogP contribution in [0.4, 0.5) is 13.2 Å². The molecule has 3 aromatic carbocycles. The van der Waals surface area contributed by atoms with Gasteiger partial charge in [0.2, 0.25) is 5.91 Å². The Kier molecular flexibility index (Phi) is 8.44. The summed E-state index contributed by atoms with van der Waals surface area (Å²) in [6.07, 6.45) is -3.79. The van der Waals surface area contributed by atoms with Gasteiger partial charge in [0.25, 0.3) is 5.91 Å². The lowest BCUT2D eigenvalue weighted by Crippen LogP contribution is -2.42. The summed E-state index contributed by atoms with van der Waals surface area (Å²) in [7, 11) is 0. The van der Waals surface area contributed by atoms with Crippen molar-refractivity contribution in [1.29, 1.82) is 0 Å². The van der Waals surface area contributed by atoms with Crippen molar-refractivity contribution in [2.45, 2.75) is 44.7 Å². The third-order valence-electron chi connectivity index (χ3n) is 6.62. The van der Waals surface area contributed by atoms with Crippen molar-refractivity contribution in [2.75, 3.05) is 13.1 Å². The summed E-state index contributed by atoms with van der Waals surface area (Å²) in [5, 5.41) is 0. The topological polar surface area (TPSA) is 108 Å². The molecule has 0 spiro atoms.